The molecule has 2 aromatic carbocycles. The Hall–Kier alpha value is -3.71. The molecule has 4 rings (SSSR count). The summed E-state index contributed by atoms with van der Waals surface area (Å²) in [6.07, 6.45) is -7.16. The molecule has 6 atom stereocenters. The van der Waals surface area contributed by atoms with Crippen LogP contribution in [0.3, 0.4) is 0 Å². The SMILES string of the molecule is COc1cc(C2[OH+]c3cc(O)cc(O)c3C=C2O[C@@H]2O[C@H](COC(C)=O)[C@H](O)[C@@H](O)[C@H]2O)ccc1O. The van der Waals surface area contributed by atoms with Crippen molar-refractivity contribution in [3.8, 4) is 28.7 Å². The number of carbonyl (C=O) groups excluding carboxylic acids is 1. The van der Waals surface area contributed by atoms with E-state index in [0.29, 0.717) is 5.56 Å². The standard InChI is InChI=1S/C24H26O12/c1-10(25)33-9-19-20(29)21(30)22(31)24(36-19)35-18-8-13-15(28)6-12(26)7-16(13)34-23(18)11-3-4-14(27)17(5-11)32-2/h3-8,19-24,26-31H,9H2,1-2H3/p+1/t19-,20+,21-,22-,23?,24-/m1/s1. The maximum atomic E-state index is 11.2. The summed E-state index contributed by atoms with van der Waals surface area (Å²) >= 11 is 0. The fraction of sp³-hybridized carbons (Fsp3) is 0.375. The first kappa shape index (κ1) is 25.4. The van der Waals surface area contributed by atoms with Crippen molar-refractivity contribution in [3.63, 3.8) is 0 Å². The number of benzene rings is 2. The molecule has 0 saturated carbocycles. The number of ether oxygens (including phenoxy) is 5. The van der Waals surface area contributed by atoms with Crippen molar-refractivity contribution >= 4 is 12.0 Å². The summed E-state index contributed by atoms with van der Waals surface area (Å²) in [6, 6.07) is 6.91. The third-order valence-corrected chi connectivity index (χ3v) is 5.84. The Labute approximate surface area is 205 Å². The molecule has 2 aliphatic heterocycles. The third-order valence-electron chi connectivity index (χ3n) is 5.84. The lowest BCUT2D eigenvalue weighted by Crippen LogP contribution is -2.59. The van der Waals surface area contributed by atoms with Crippen LogP contribution in [-0.4, -0.2) is 85.8 Å². The van der Waals surface area contributed by atoms with Crippen molar-refractivity contribution in [3.05, 3.63) is 47.2 Å². The van der Waals surface area contributed by atoms with Crippen molar-refractivity contribution in [2.45, 2.75) is 43.7 Å². The van der Waals surface area contributed by atoms with Gasteiger partial charge >= 0.3 is 5.97 Å². The van der Waals surface area contributed by atoms with Gasteiger partial charge in [-0.15, -0.1) is 0 Å². The molecule has 194 valence electrons. The average molecular weight is 507 g/mol. The van der Waals surface area contributed by atoms with Gasteiger partial charge in [-0.2, -0.15) is 0 Å². The molecule has 12 nitrogen and oxygen atoms in total. The minimum atomic E-state index is -1.70. The Morgan fingerprint density at radius 2 is 1.78 bits per heavy atom. The molecule has 2 aromatic rings. The predicted molar refractivity (Wildman–Crippen MR) is 121 cm³/mol. The molecule has 1 saturated heterocycles. The van der Waals surface area contributed by atoms with E-state index < -0.39 is 49.4 Å². The number of aliphatic hydroxyl groups excluding tert-OH is 3. The van der Waals surface area contributed by atoms with Gasteiger partial charge in [0.05, 0.1) is 18.7 Å². The largest absolute Gasteiger partial charge is 0.571 e. The van der Waals surface area contributed by atoms with Crippen LogP contribution in [0.5, 0.6) is 28.7 Å². The molecule has 2 aliphatic rings. The van der Waals surface area contributed by atoms with E-state index in [-0.39, 0.29) is 40.1 Å². The molecule has 1 unspecified atom stereocenters. The summed E-state index contributed by atoms with van der Waals surface area (Å²) in [6.45, 7) is 0.770. The maximum absolute atomic E-state index is 11.2. The summed E-state index contributed by atoms with van der Waals surface area (Å²) in [4.78, 5) is 11.2. The van der Waals surface area contributed by atoms with Crippen molar-refractivity contribution < 1.29 is 59.1 Å². The van der Waals surface area contributed by atoms with Gasteiger partial charge in [0.2, 0.25) is 6.29 Å². The Morgan fingerprint density at radius 1 is 1.03 bits per heavy atom. The van der Waals surface area contributed by atoms with E-state index in [2.05, 4.69) is 4.74 Å². The van der Waals surface area contributed by atoms with Crippen LogP contribution in [0.25, 0.3) is 6.08 Å². The Kier molecular flexibility index (Phi) is 7.13. The molecule has 0 aliphatic carbocycles. The maximum Gasteiger partial charge on any atom is 0.302 e. The first-order chi connectivity index (χ1) is 17.1. The van der Waals surface area contributed by atoms with Gasteiger partial charge in [-0.05, 0) is 18.2 Å². The fourth-order valence-electron chi connectivity index (χ4n) is 3.97. The molecule has 0 aromatic heterocycles. The molecule has 2 heterocycles. The number of aliphatic hydroxyl groups is 4. The number of phenolic OH excluding ortho intramolecular Hbond substituents is 3. The van der Waals surface area contributed by atoms with Gasteiger partial charge in [0.25, 0.3) is 11.9 Å². The average Bonchev–Trinajstić information content (AvgIpc) is 2.83. The van der Waals surface area contributed by atoms with E-state index in [0.717, 1.165) is 6.07 Å². The second-order valence-electron chi connectivity index (χ2n) is 8.34. The van der Waals surface area contributed by atoms with Gasteiger partial charge < -0.3 is 54.3 Å². The number of carbonyl (C=O) groups is 1. The summed E-state index contributed by atoms with van der Waals surface area (Å²) in [5, 5.41) is 61.4. The number of esters is 1. The normalized spacial score (nSPS) is 27.3. The lowest BCUT2D eigenvalue weighted by atomic mass is 9.98. The molecule has 0 radical (unpaired) electrons. The van der Waals surface area contributed by atoms with Crippen LogP contribution in [0.4, 0.5) is 0 Å². The van der Waals surface area contributed by atoms with Crippen LogP contribution < -0.4 is 4.74 Å². The number of methoxy groups -OCH3 is 1. The van der Waals surface area contributed by atoms with Gasteiger partial charge in [0, 0.05) is 19.1 Å². The second kappa shape index (κ2) is 10.1. The molecule has 0 bridgehead atoms. The quantitative estimate of drug-likeness (QED) is 0.236. The van der Waals surface area contributed by atoms with E-state index in [1.807, 2.05) is 0 Å². The summed E-state index contributed by atoms with van der Waals surface area (Å²) in [5.74, 6) is -0.790. The highest BCUT2D eigenvalue weighted by Crippen LogP contribution is 2.46. The zero-order valence-electron chi connectivity index (χ0n) is 19.3. The second-order valence-corrected chi connectivity index (χ2v) is 8.34. The smallest absolute Gasteiger partial charge is 0.302 e. The lowest BCUT2D eigenvalue weighted by molar-refractivity contribution is -0.296. The van der Waals surface area contributed by atoms with Gasteiger partial charge in [0.1, 0.15) is 48.1 Å². The van der Waals surface area contributed by atoms with Crippen LogP contribution >= 0.6 is 0 Å². The van der Waals surface area contributed by atoms with Gasteiger partial charge in [-0.1, -0.05) is 0 Å². The topological polar surface area (TPSA) is 188 Å². The van der Waals surface area contributed by atoms with E-state index in [4.69, 9.17) is 18.9 Å². The highest BCUT2D eigenvalue weighted by Gasteiger charge is 2.47. The number of rotatable bonds is 6. The first-order valence-corrected chi connectivity index (χ1v) is 10.9. The molecule has 0 amide bonds. The van der Waals surface area contributed by atoms with Crippen molar-refractivity contribution in [1.82, 2.24) is 0 Å². The number of phenols is 3. The molecule has 1 fully saturated rings. The summed E-state index contributed by atoms with van der Waals surface area (Å²) < 4.78 is 26.1. The Bertz CT molecular complexity index is 1160. The zero-order valence-corrected chi connectivity index (χ0v) is 19.3. The fourth-order valence-corrected chi connectivity index (χ4v) is 3.97. The number of aromatic hydroxyl groups is 4. The van der Waals surface area contributed by atoms with Crippen molar-refractivity contribution in [2.75, 3.05) is 13.7 Å². The van der Waals surface area contributed by atoms with E-state index >= 15 is 0 Å². The van der Waals surface area contributed by atoms with Crippen molar-refractivity contribution in [1.29, 1.82) is 0 Å². The van der Waals surface area contributed by atoms with E-state index in [1.54, 1.807) is 6.07 Å². The highest BCUT2D eigenvalue weighted by molar-refractivity contribution is 5.69. The van der Waals surface area contributed by atoms with Crippen LogP contribution in [0, 0.1) is 0 Å². The molecule has 0 spiro atoms. The van der Waals surface area contributed by atoms with Gasteiger partial charge in [-0.25, -0.2) is 0 Å². The number of fused-ring (bicyclic) bond motifs is 1. The Morgan fingerprint density at radius 3 is 2.47 bits per heavy atom. The Balaban J connectivity index is 1.70. The summed E-state index contributed by atoms with van der Waals surface area (Å²) in [7, 11) is 1.37. The molecular formula is C24H27O12+. The van der Waals surface area contributed by atoms with Crippen LogP contribution in [0.15, 0.2) is 36.1 Å². The summed E-state index contributed by atoms with van der Waals surface area (Å²) in [5.41, 5.74) is 0.693. The monoisotopic (exact) mass is 507 g/mol. The van der Waals surface area contributed by atoms with E-state index in [9.17, 15) is 35.4 Å². The highest BCUT2D eigenvalue weighted by atomic mass is 16.7. The first-order valence-electron chi connectivity index (χ1n) is 10.9. The number of hydrogen-bond donors (Lipinski definition) is 6. The van der Waals surface area contributed by atoms with Crippen molar-refractivity contribution in [2.24, 2.45) is 0 Å². The van der Waals surface area contributed by atoms with Gasteiger partial charge in [0.15, 0.2) is 17.3 Å². The minimum Gasteiger partial charge on any atom is -0.571 e. The van der Waals surface area contributed by atoms with Crippen LogP contribution in [0.2, 0.25) is 0 Å². The minimum absolute atomic E-state index is 0.0649. The molecule has 12 heteroatoms. The van der Waals surface area contributed by atoms with Crippen LogP contribution in [0.1, 0.15) is 24.2 Å². The number of hydrogen-bond acceptors (Lipinski definition) is 11. The molecular weight excluding hydrogens is 480 g/mol. The third kappa shape index (κ3) is 4.97. The molecule has 7 N–H and O–H groups in total. The van der Waals surface area contributed by atoms with Crippen LogP contribution in [-0.2, 0) is 19.0 Å². The predicted octanol–water partition coefficient (Wildman–Crippen LogP) is 0.536. The molecule has 36 heavy (non-hydrogen) atoms. The zero-order chi connectivity index (χ0) is 26.1. The van der Waals surface area contributed by atoms with Gasteiger partial charge in [-0.3, -0.25) is 4.79 Å². The van der Waals surface area contributed by atoms with E-state index in [1.165, 1.54) is 38.3 Å². The lowest BCUT2D eigenvalue weighted by Gasteiger charge is -2.40.